The summed E-state index contributed by atoms with van der Waals surface area (Å²) in [6.07, 6.45) is 4.95. The molecule has 0 unspecified atom stereocenters. The van der Waals surface area contributed by atoms with Crippen molar-refractivity contribution in [2.75, 3.05) is 17.7 Å². The maximum absolute atomic E-state index is 4.71. The molecule has 0 saturated heterocycles. The van der Waals surface area contributed by atoms with Crippen LogP contribution in [-0.4, -0.2) is 22.6 Å². The lowest BCUT2D eigenvalue weighted by Crippen LogP contribution is -2.44. The monoisotopic (exact) mass is 262 g/mol. The van der Waals surface area contributed by atoms with E-state index in [0.717, 1.165) is 23.9 Å². The number of rotatable bonds is 4. The Balaban J connectivity index is 2.29. The fourth-order valence-corrected chi connectivity index (χ4v) is 2.42. The summed E-state index contributed by atoms with van der Waals surface area (Å²) < 4.78 is 0. The Morgan fingerprint density at radius 3 is 2.26 bits per heavy atom. The van der Waals surface area contributed by atoms with E-state index in [0.29, 0.717) is 0 Å². The Bertz CT molecular complexity index is 438. The number of hydrogen-bond donors (Lipinski definition) is 2. The van der Waals surface area contributed by atoms with Crippen LogP contribution in [0.25, 0.3) is 0 Å². The highest BCUT2D eigenvalue weighted by atomic mass is 15.1. The Hall–Kier alpha value is -1.32. The molecule has 1 heterocycles. The second-order valence-corrected chi connectivity index (χ2v) is 6.57. The van der Waals surface area contributed by atoms with Gasteiger partial charge >= 0.3 is 0 Å². The van der Waals surface area contributed by atoms with Gasteiger partial charge in [-0.15, -0.1) is 0 Å². The molecular formula is C15H26N4. The summed E-state index contributed by atoms with van der Waals surface area (Å²) in [5, 5.41) is 6.77. The predicted molar refractivity (Wildman–Crippen MR) is 80.8 cm³/mol. The van der Waals surface area contributed by atoms with Crippen molar-refractivity contribution in [3.63, 3.8) is 0 Å². The molecule has 0 aliphatic heterocycles. The minimum Gasteiger partial charge on any atom is -0.373 e. The van der Waals surface area contributed by atoms with E-state index in [9.17, 15) is 0 Å². The van der Waals surface area contributed by atoms with Crippen molar-refractivity contribution in [1.29, 1.82) is 0 Å². The number of nitrogens with zero attached hydrogens (tertiary/aromatic N) is 2. The summed E-state index contributed by atoms with van der Waals surface area (Å²) in [7, 11) is 1.90. The molecule has 2 rings (SSSR count). The molecule has 1 aliphatic carbocycles. The molecule has 1 fully saturated rings. The lowest BCUT2D eigenvalue weighted by Gasteiger charge is -2.42. The third kappa shape index (κ3) is 2.99. The van der Waals surface area contributed by atoms with Gasteiger partial charge in [-0.25, -0.2) is 9.97 Å². The first-order valence-corrected chi connectivity index (χ1v) is 7.24. The van der Waals surface area contributed by atoms with Gasteiger partial charge in [0.25, 0.3) is 0 Å². The second kappa shape index (κ2) is 4.99. The molecule has 1 saturated carbocycles. The Morgan fingerprint density at radius 1 is 1.21 bits per heavy atom. The molecule has 1 aliphatic rings. The van der Waals surface area contributed by atoms with E-state index >= 15 is 0 Å². The van der Waals surface area contributed by atoms with Gasteiger partial charge in [0.1, 0.15) is 17.5 Å². The van der Waals surface area contributed by atoms with Crippen molar-refractivity contribution in [3.8, 4) is 0 Å². The molecule has 0 amide bonds. The average Bonchev–Trinajstić information content (AvgIpc) is 2.32. The van der Waals surface area contributed by atoms with Crippen LogP contribution in [0.15, 0.2) is 6.07 Å². The summed E-state index contributed by atoms with van der Waals surface area (Å²) >= 11 is 0. The molecule has 4 heteroatoms. The van der Waals surface area contributed by atoms with Crippen molar-refractivity contribution >= 4 is 11.6 Å². The van der Waals surface area contributed by atoms with Crippen LogP contribution in [0, 0.1) is 0 Å². The SMILES string of the molecule is CCC1(Nc2cc(NC)nc(C(C)(C)C)n2)CCC1. The third-order valence-corrected chi connectivity index (χ3v) is 4.03. The van der Waals surface area contributed by atoms with Crippen LogP contribution in [0.5, 0.6) is 0 Å². The highest BCUT2D eigenvalue weighted by Crippen LogP contribution is 2.38. The first-order valence-electron chi connectivity index (χ1n) is 7.24. The smallest absolute Gasteiger partial charge is 0.138 e. The van der Waals surface area contributed by atoms with E-state index < -0.39 is 0 Å². The molecule has 1 aromatic rings. The van der Waals surface area contributed by atoms with Crippen LogP contribution < -0.4 is 10.6 Å². The first-order chi connectivity index (χ1) is 8.88. The highest BCUT2D eigenvalue weighted by Gasteiger charge is 2.35. The zero-order chi connectivity index (χ0) is 14.1. The standard InChI is InChI=1S/C15H26N4/c1-6-15(8-7-9-15)19-12-10-11(16-5)17-13(18-12)14(2,3)4/h10H,6-9H2,1-5H3,(H2,16,17,18,19). The molecule has 0 aromatic carbocycles. The molecule has 4 nitrogen and oxygen atoms in total. The van der Waals surface area contributed by atoms with Gasteiger partial charge in [0.2, 0.25) is 0 Å². The maximum Gasteiger partial charge on any atom is 0.138 e. The highest BCUT2D eigenvalue weighted by molar-refractivity contribution is 5.49. The lowest BCUT2D eigenvalue weighted by atomic mass is 9.75. The summed E-state index contributed by atoms with van der Waals surface area (Å²) in [6.45, 7) is 8.68. The molecule has 0 radical (unpaired) electrons. The molecule has 0 bridgehead atoms. The molecule has 1 aromatic heterocycles. The van der Waals surface area contributed by atoms with Crippen LogP contribution in [0.3, 0.4) is 0 Å². The van der Waals surface area contributed by atoms with E-state index in [1.54, 1.807) is 0 Å². The number of nitrogens with one attached hydrogen (secondary N) is 2. The summed E-state index contributed by atoms with van der Waals surface area (Å²) in [4.78, 5) is 9.27. The van der Waals surface area contributed by atoms with Crippen molar-refractivity contribution in [2.24, 2.45) is 0 Å². The molecule has 2 N–H and O–H groups in total. The second-order valence-electron chi connectivity index (χ2n) is 6.57. The molecule has 106 valence electrons. The van der Waals surface area contributed by atoms with Gasteiger partial charge in [-0.05, 0) is 25.7 Å². The Labute approximate surface area is 116 Å². The van der Waals surface area contributed by atoms with Crippen LogP contribution >= 0.6 is 0 Å². The van der Waals surface area contributed by atoms with Gasteiger partial charge in [-0.2, -0.15) is 0 Å². The van der Waals surface area contributed by atoms with Crippen LogP contribution in [-0.2, 0) is 5.41 Å². The van der Waals surface area contributed by atoms with Crippen molar-refractivity contribution in [2.45, 2.75) is 64.3 Å². The normalized spacial score (nSPS) is 17.7. The van der Waals surface area contributed by atoms with Gasteiger partial charge < -0.3 is 10.6 Å². The topological polar surface area (TPSA) is 49.8 Å². The third-order valence-electron chi connectivity index (χ3n) is 4.03. The average molecular weight is 262 g/mol. The van der Waals surface area contributed by atoms with Gasteiger partial charge in [-0.3, -0.25) is 0 Å². The van der Waals surface area contributed by atoms with Crippen molar-refractivity contribution in [3.05, 3.63) is 11.9 Å². The minimum atomic E-state index is -0.0394. The van der Waals surface area contributed by atoms with Crippen molar-refractivity contribution in [1.82, 2.24) is 9.97 Å². The summed E-state index contributed by atoms with van der Waals surface area (Å²) in [5.74, 6) is 2.71. The molecular weight excluding hydrogens is 236 g/mol. The largest absolute Gasteiger partial charge is 0.373 e. The van der Waals surface area contributed by atoms with Gasteiger partial charge in [0.05, 0.1) is 0 Å². The lowest BCUT2D eigenvalue weighted by molar-refractivity contribution is 0.268. The first kappa shape index (κ1) is 14.1. The zero-order valence-corrected chi connectivity index (χ0v) is 12.8. The van der Waals surface area contributed by atoms with Crippen molar-refractivity contribution < 1.29 is 0 Å². The minimum absolute atomic E-state index is 0.0394. The van der Waals surface area contributed by atoms with E-state index in [-0.39, 0.29) is 11.0 Å². The van der Waals surface area contributed by atoms with E-state index in [1.165, 1.54) is 19.3 Å². The quantitative estimate of drug-likeness (QED) is 0.871. The molecule has 0 atom stereocenters. The van der Waals surface area contributed by atoms with E-state index in [2.05, 4.69) is 43.3 Å². The number of aromatic nitrogens is 2. The van der Waals surface area contributed by atoms with Crippen LogP contribution in [0.4, 0.5) is 11.6 Å². The van der Waals surface area contributed by atoms with E-state index in [1.807, 2.05) is 13.1 Å². The van der Waals surface area contributed by atoms with Gasteiger partial charge in [0.15, 0.2) is 0 Å². The van der Waals surface area contributed by atoms with Gasteiger partial charge in [-0.1, -0.05) is 27.7 Å². The number of hydrogen-bond acceptors (Lipinski definition) is 4. The van der Waals surface area contributed by atoms with Gasteiger partial charge in [0, 0.05) is 24.1 Å². The Morgan fingerprint density at radius 2 is 1.84 bits per heavy atom. The summed E-state index contributed by atoms with van der Waals surface area (Å²) in [6, 6.07) is 2.00. The zero-order valence-electron chi connectivity index (χ0n) is 12.8. The van der Waals surface area contributed by atoms with Crippen LogP contribution in [0.1, 0.15) is 59.2 Å². The summed E-state index contributed by atoms with van der Waals surface area (Å²) in [5.41, 5.74) is 0.219. The fourth-order valence-electron chi connectivity index (χ4n) is 2.42. The predicted octanol–water partition coefficient (Wildman–Crippen LogP) is 3.56. The van der Waals surface area contributed by atoms with Crippen LogP contribution in [0.2, 0.25) is 0 Å². The van der Waals surface area contributed by atoms with E-state index in [4.69, 9.17) is 4.98 Å². The fraction of sp³-hybridized carbons (Fsp3) is 0.733. The maximum atomic E-state index is 4.71. The molecule has 19 heavy (non-hydrogen) atoms. The number of anilines is 2. The Kier molecular flexibility index (Phi) is 3.70. The molecule has 0 spiro atoms.